The molecule has 0 unspecified atom stereocenters. The zero-order chi connectivity index (χ0) is 18.9. The lowest BCUT2D eigenvalue weighted by Crippen LogP contribution is -2.25. The fraction of sp³-hybridized carbons (Fsp3) is 0.368. The van der Waals surface area contributed by atoms with Gasteiger partial charge >= 0.3 is 0 Å². The van der Waals surface area contributed by atoms with Crippen LogP contribution in [0, 0.1) is 0 Å². The quantitative estimate of drug-likeness (QED) is 0.669. The molecule has 0 aliphatic carbocycles. The summed E-state index contributed by atoms with van der Waals surface area (Å²) in [6.07, 6.45) is -0.788. The van der Waals surface area contributed by atoms with Crippen molar-refractivity contribution in [3.8, 4) is 11.5 Å². The molecule has 0 heterocycles. The first-order valence-electron chi connectivity index (χ1n) is 8.44. The molecule has 1 N–H and O–H groups in total. The number of hydrogen-bond acceptors (Lipinski definition) is 5. The Morgan fingerprint density at radius 3 is 1.42 bits per heavy atom. The molecule has 2 atom stereocenters. The smallest absolute Gasteiger partial charge is 0.122 e. The van der Waals surface area contributed by atoms with E-state index in [1.54, 1.807) is 48.5 Å². The maximum atomic E-state index is 11.7. The molecule has 0 aliphatic heterocycles. The van der Waals surface area contributed by atoms with Crippen LogP contribution in [0.5, 0.6) is 11.5 Å². The van der Waals surface area contributed by atoms with Crippen LogP contribution in [-0.2, 0) is 21.6 Å². The first kappa shape index (κ1) is 20.6. The summed E-state index contributed by atoms with van der Waals surface area (Å²) in [4.78, 5) is 1.52. The van der Waals surface area contributed by atoms with Crippen molar-refractivity contribution in [1.82, 2.24) is 0 Å². The predicted octanol–water partition coefficient (Wildman–Crippen LogP) is 2.76. The fourth-order valence-corrected chi connectivity index (χ4v) is 3.69. The van der Waals surface area contributed by atoms with Gasteiger partial charge < -0.3 is 14.6 Å². The van der Waals surface area contributed by atoms with Crippen molar-refractivity contribution in [2.24, 2.45) is 0 Å². The van der Waals surface area contributed by atoms with E-state index in [2.05, 4.69) is 0 Å². The SMILES string of the molecule is CC[S@@](=O)c1ccc(OCC(O)COc2ccc([S@](=O)CC)cc2)cc1. The first-order valence-corrected chi connectivity index (χ1v) is 11.1. The Hall–Kier alpha value is -1.70. The second kappa shape index (κ2) is 10.4. The minimum Gasteiger partial charge on any atom is -0.491 e. The van der Waals surface area contributed by atoms with Crippen molar-refractivity contribution in [2.75, 3.05) is 24.7 Å². The Balaban J connectivity index is 1.77. The molecule has 26 heavy (non-hydrogen) atoms. The molecule has 0 amide bonds. The number of aliphatic hydroxyl groups excluding tert-OH is 1. The summed E-state index contributed by atoms with van der Waals surface area (Å²) in [5.74, 6) is 2.36. The highest BCUT2D eigenvalue weighted by Gasteiger charge is 2.08. The van der Waals surface area contributed by atoms with E-state index in [0.29, 0.717) is 23.0 Å². The van der Waals surface area contributed by atoms with Gasteiger partial charge in [0.15, 0.2) is 0 Å². The Labute approximate surface area is 159 Å². The van der Waals surface area contributed by atoms with Crippen LogP contribution in [0.2, 0.25) is 0 Å². The van der Waals surface area contributed by atoms with E-state index < -0.39 is 27.7 Å². The zero-order valence-electron chi connectivity index (χ0n) is 14.9. The third-order valence-electron chi connectivity index (χ3n) is 3.58. The van der Waals surface area contributed by atoms with Crippen LogP contribution in [-0.4, -0.2) is 44.3 Å². The van der Waals surface area contributed by atoms with E-state index >= 15 is 0 Å². The van der Waals surface area contributed by atoms with Gasteiger partial charge in [0.2, 0.25) is 0 Å². The van der Waals surface area contributed by atoms with Gasteiger partial charge in [-0.3, -0.25) is 8.42 Å². The normalized spacial score (nSPS) is 13.4. The molecule has 2 aromatic rings. The number of hydrogen-bond donors (Lipinski definition) is 1. The summed E-state index contributed by atoms with van der Waals surface area (Å²) in [5, 5.41) is 9.99. The predicted molar refractivity (Wildman–Crippen MR) is 104 cm³/mol. The zero-order valence-corrected chi connectivity index (χ0v) is 16.6. The van der Waals surface area contributed by atoms with Gasteiger partial charge in [-0.1, -0.05) is 13.8 Å². The molecule has 0 saturated heterocycles. The molecule has 0 aromatic heterocycles. The minimum absolute atomic E-state index is 0.0914. The van der Waals surface area contributed by atoms with Gasteiger partial charge in [0.1, 0.15) is 30.8 Å². The van der Waals surface area contributed by atoms with Crippen molar-refractivity contribution >= 4 is 21.6 Å². The van der Waals surface area contributed by atoms with Crippen LogP contribution in [0.1, 0.15) is 13.8 Å². The van der Waals surface area contributed by atoms with Crippen LogP contribution >= 0.6 is 0 Å². The average molecular weight is 397 g/mol. The van der Waals surface area contributed by atoms with Gasteiger partial charge in [0, 0.05) is 21.3 Å². The minimum atomic E-state index is -0.985. The van der Waals surface area contributed by atoms with Gasteiger partial charge in [-0.15, -0.1) is 0 Å². The first-order chi connectivity index (χ1) is 12.5. The van der Waals surface area contributed by atoms with Crippen LogP contribution in [0.4, 0.5) is 0 Å². The number of benzene rings is 2. The molecular weight excluding hydrogens is 372 g/mol. The summed E-state index contributed by atoms with van der Waals surface area (Å²) in [7, 11) is -1.97. The molecule has 0 radical (unpaired) electrons. The molecular formula is C19H24O5S2. The van der Waals surface area contributed by atoms with Crippen LogP contribution < -0.4 is 9.47 Å². The maximum absolute atomic E-state index is 11.7. The Morgan fingerprint density at radius 1 is 0.769 bits per heavy atom. The molecule has 5 nitrogen and oxygen atoms in total. The highest BCUT2D eigenvalue weighted by molar-refractivity contribution is 7.85. The third-order valence-corrected chi connectivity index (χ3v) is 6.23. The molecule has 0 aliphatic rings. The second-order valence-electron chi connectivity index (χ2n) is 5.49. The van der Waals surface area contributed by atoms with E-state index in [-0.39, 0.29) is 13.2 Å². The van der Waals surface area contributed by atoms with Gasteiger partial charge in [-0.2, -0.15) is 0 Å². The van der Waals surface area contributed by atoms with Crippen molar-refractivity contribution in [3.05, 3.63) is 48.5 Å². The molecule has 0 fully saturated rings. The number of rotatable bonds is 10. The van der Waals surface area contributed by atoms with E-state index in [0.717, 1.165) is 9.79 Å². The van der Waals surface area contributed by atoms with Crippen molar-refractivity contribution in [3.63, 3.8) is 0 Å². The number of ether oxygens (including phenoxy) is 2. The largest absolute Gasteiger partial charge is 0.491 e. The second-order valence-corrected chi connectivity index (χ2v) is 8.97. The van der Waals surface area contributed by atoms with Crippen LogP contribution in [0.15, 0.2) is 58.3 Å². The third kappa shape index (κ3) is 6.23. The topological polar surface area (TPSA) is 72.8 Å². The highest BCUT2D eigenvalue weighted by atomic mass is 32.2. The van der Waals surface area contributed by atoms with E-state index in [1.165, 1.54) is 0 Å². The van der Waals surface area contributed by atoms with Crippen molar-refractivity contribution < 1.29 is 23.0 Å². The van der Waals surface area contributed by atoms with Crippen LogP contribution in [0.25, 0.3) is 0 Å². The molecule has 0 bridgehead atoms. The summed E-state index contributed by atoms with van der Waals surface area (Å²) in [6.45, 7) is 3.92. The molecule has 142 valence electrons. The summed E-state index contributed by atoms with van der Waals surface area (Å²) < 4.78 is 34.4. The van der Waals surface area contributed by atoms with Gasteiger partial charge in [0.05, 0.1) is 21.6 Å². The standard InChI is InChI=1S/C19H24O5S2/c1-3-25(21)18-9-5-16(6-10-18)23-13-15(20)14-24-17-7-11-19(12-8-17)26(22)4-2/h5-12,15,20H,3-4,13-14H2,1-2H3/t25-,26-/m1/s1. The summed E-state index contributed by atoms with van der Waals surface area (Å²) >= 11 is 0. The molecule has 2 aromatic carbocycles. The molecule has 7 heteroatoms. The molecule has 0 spiro atoms. The van der Waals surface area contributed by atoms with E-state index in [4.69, 9.17) is 9.47 Å². The molecule has 2 rings (SSSR count). The maximum Gasteiger partial charge on any atom is 0.122 e. The summed E-state index contributed by atoms with van der Waals surface area (Å²) in [5.41, 5.74) is 0. The van der Waals surface area contributed by atoms with E-state index in [1.807, 2.05) is 13.8 Å². The Bertz CT molecular complexity index is 665. The van der Waals surface area contributed by atoms with Crippen molar-refractivity contribution in [1.29, 1.82) is 0 Å². The highest BCUT2D eigenvalue weighted by Crippen LogP contribution is 2.17. The lowest BCUT2D eigenvalue weighted by molar-refractivity contribution is 0.0626. The molecule has 0 saturated carbocycles. The summed E-state index contributed by atoms with van der Waals surface area (Å²) in [6, 6.07) is 14.0. The van der Waals surface area contributed by atoms with Crippen LogP contribution in [0.3, 0.4) is 0 Å². The monoisotopic (exact) mass is 396 g/mol. The lowest BCUT2D eigenvalue weighted by atomic mass is 10.3. The van der Waals surface area contributed by atoms with Gasteiger partial charge in [-0.25, -0.2) is 0 Å². The number of aliphatic hydroxyl groups is 1. The van der Waals surface area contributed by atoms with Crippen molar-refractivity contribution in [2.45, 2.75) is 29.7 Å². The fourth-order valence-electron chi connectivity index (χ4n) is 2.14. The Kier molecular flexibility index (Phi) is 8.28. The Morgan fingerprint density at radius 2 is 1.12 bits per heavy atom. The van der Waals surface area contributed by atoms with Gasteiger partial charge in [-0.05, 0) is 48.5 Å². The lowest BCUT2D eigenvalue weighted by Gasteiger charge is -2.14. The average Bonchev–Trinajstić information content (AvgIpc) is 2.70. The van der Waals surface area contributed by atoms with Gasteiger partial charge in [0.25, 0.3) is 0 Å². The van der Waals surface area contributed by atoms with E-state index in [9.17, 15) is 13.5 Å².